The van der Waals surface area contributed by atoms with E-state index >= 15 is 0 Å². The summed E-state index contributed by atoms with van der Waals surface area (Å²) >= 11 is 4.87. The van der Waals surface area contributed by atoms with Crippen molar-refractivity contribution in [2.75, 3.05) is 6.26 Å². The highest BCUT2D eigenvalue weighted by molar-refractivity contribution is 9.10. The molecular formula is C12H13BrN2OS. The molecule has 1 aliphatic heterocycles. The van der Waals surface area contributed by atoms with Crippen LogP contribution in [-0.2, 0) is 4.79 Å². The van der Waals surface area contributed by atoms with Crippen LogP contribution in [0.3, 0.4) is 0 Å². The van der Waals surface area contributed by atoms with Crippen molar-refractivity contribution in [1.82, 2.24) is 5.32 Å². The third-order valence-electron chi connectivity index (χ3n) is 2.76. The fourth-order valence-corrected chi connectivity index (χ4v) is 2.72. The predicted octanol–water partition coefficient (Wildman–Crippen LogP) is 2.54. The summed E-state index contributed by atoms with van der Waals surface area (Å²) in [5.74, 6) is 0.00997. The number of carbonyl (C=O) groups excluding carboxylic acids is 1. The monoisotopic (exact) mass is 312 g/mol. The SMILES string of the molecule is CSC1=C(N)C(c2ccc(Br)cc2)CC(=O)N1. The maximum absolute atomic E-state index is 11.6. The first-order valence-corrected chi connectivity index (χ1v) is 7.22. The van der Waals surface area contributed by atoms with Gasteiger partial charge in [-0.05, 0) is 24.0 Å². The molecule has 1 atom stereocenters. The van der Waals surface area contributed by atoms with Gasteiger partial charge in [0.1, 0.15) is 0 Å². The first-order valence-electron chi connectivity index (χ1n) is 5.20. The van der Waals surface area contributed by atoms with Gasteiger partial charge >= 0.3 is 0 Å². The zero-order chi connectivity index (χ0) is 12.4. The predicted molar refractivity (Wildman–Crippen MR) is 74.4 cm³/mol. The average molecular weight is 313 g/mol. The molecule has 3 N–H and O–H groups in total. The Morgan fingerprint density at radius 2 is 2.06 bits per heavy atom. The van der Waals surface area contributed by atoms with Crippen LogP contribution in [0.4, 0.5) is 0 Å². The Hall–Kier alpha value is -0.940. The highest BCUT2D eigenvalue weighted by Crippen LogP contribution is 2.32. The molecule has 90 valence electrons. The fourth-order valence-electron chi connectivity index (χ4n) is 1.86. The van der Waals surface area contributed by atoms with Gasteiger partial charge in [-0.2, -0.15) is 0 Å². The van der Waals surface area contributed by atoms with Crippen LogP contribution in [0.25, 0.3) is 0 Å². The van der Waals surface area contributed by atoms with Crippen molar-refractivity contribution in [3.63, 3.8) is 0 Å². The molecule has 0 spiro atoms. The van der Waals surface area contributed by atoms with Crippen LogP contribution in [0, 0.1) is 0 Å². The number of halogens is 1. The summed E-state index contributed by atoms with van der Waals surface area (Å²) in [5, 5.41) is 3.57. The van der Waals surface area contributed by atoms with E-state index in [0.29, 0.717) is 6.42 Å². The number of nitrogens with two attached hydrogens (primary N) is 1. The van der Waals surface area contributed by atoms with Crippen molar-refractivity contribution < 1.29 is 4.79 Å². The number of benzene rings is 1. The molecule has 0 aliphatic carbocycles. The molecule has 2 rings (SSSR count). The largest absolute Gasteiger partial charge is 0.399 e. The zero-order valence-corrected chi connectivity index (χ0v) is 11.8. The summed E-state index contributed by atoms with van der Waals surface area (Å²) in [4.78, 5) is 11.6. The van der Waals surface area contributed by atoms with Gasteiger partial charge in [0, 0.05) is 22.5 Å². The van der Waals surface area contributed by atoms with E-state index in [0.717, 1.165) is 20.8 Å². The molecule has 1 aromatic carbocycles. The van der Waals surface area contributed by atoms with E-state index in [2.05, 4.69) is 21.2 Å². The lowest BCUT2D eigenvalue weighted by atomic mass is 9.91. The number of carbonyl (C=O) groups is 1. The number of amides is 1. The van der Waals surface area contributed by atoms with Gasteiger partial charge in [-0.1, -0.05) is 28.1 Å². The van der Waals surface area contributed by atoms with Gasteiger partial charge in [-0.15, -0.1) is 11.8 Å². The molecule has 0 bridgehead atoms. The van der Waals surface area contributed by atoms with Crippen LogP contribution in [0.15, 0.2) is 39.5 Å². The summed E-state index contributed by atoms with van der Waals surface area (Å²) in [6, 6.07) is 7.93. The van der Waals surface area contributed by atoms with Crippen molar-refractivity contribution in [2.45, 2.75) is 12.3 Å². The third-order valence-corrected chi connectivity index (χ3v) is 4.03. The highest BCUT2D eigenvalue weighted by atomic mass is 79.9. The smallest absolute Gasteiger partial charge is 0.225 e. The first-order chi connectivity index (χ1) is 8.11. The van der Waals surface area contributed by atoms with E-state index in [1.165, 1.54) is 11.8 Å². The fraction of sp³-hybridized carbons (Fsp3) is 0.250. The lowest BCUT2D eigenvalue weighted by Gasteiger charge is -2.25. The van der Waals surface area contributed by atoms with Crippen molar-refractivity contribution in [3.05, 3.63) is 45.0 Å². The van der Waals surface area contributed by atoms with Gasteiger partial charge in [0.25, 0.3) is 0 Å². The molecule has 1 aromatic rings. The Morgan fingerprint density at radius 1 is 1.41 bits per heavy atom. The number of thioether (sulfide) groups is 1. The van der Waals surface area contributed by atoms with Crippen molar-refractivity contribution in [1.29, 1.82) is 0 Å². The van der Waals surface area contributed by atoms with Gasteiger partial charge in [-0.25, -0.2) is 0 Å². The lowest BCUT2D eigenvalue weighted by Crippen LogP contribution is -2.33. The zero-order valence-electron chi connectivity index (χ0n) is 9.37. The van der Waals surface area contributed by atoms with E-state index in [1.807, 2.05) is 30.5 Å². The molecule has 17 heavy (non-hydrogen) atoms. The maximum Gasteiger partial charge on any atom is 0.225 e. The van der Waals surface area contributed by atoms with E-state index < -0.39 is 0 Å². The van der Waals surface area contributed by atoms with E-state index in [1.54, 1.807) is 0 Å². The van der Waals surface area contributed by atoms with E-state index in [4.69, 9.17) is 5.73 Å². The number of nitrogens with one attached hydrogen (secondary N) is 1. The van der Waals surface area contributed by atoms with Crippen molar-refractivity contribution in [3.8, 4) is 0 Å². The molecule has 3 nitrogen and oxygen atoms in total. The topological polar surface area (TPSA) is 55.1 Å². The van der Waals surface area contributed by atoms with Crippen LogP contribution >= 0.6 is 27.7 Å². The van der Waals surface area contributed by atoms with Gasteiger partial charge in [0.2, 0.25) is 5.91 Å². The second kappa shape index (κ2) is 5.14. The molecular weight excluding hydrogens is 300 g/mol. The summed E-state index contributed by atoms with van der Waals surface area (Å²) in [7, 11) is 0. The highest BCUT2D eigenvalue weighted by Gasteiger charge is 2.26. The molecule has 1 amide bonds. The summed E-state index contributed by atoms with van der Waals surface area (Å²) in [6.07, 6.45) is 2.32. The molecule has 1 aliphatic rings. The third kappa shape index (κ3) is 2.66. The van der Waals surface area contributed by atoms with Gasteiger partial charge in [0.05, 0.1) is 5.03 Å². The Morgan fingerprint density at radius 3 is 2.65 bits per heavy atom. The number of hydrogen-bond donors (Lipinski definition) is 2. The van der Waals surface area contributed by atoms with Gasteiger partial charge < -0.3 is 11.1 Å². The van der Waals surface area contributed by atoms with E-state index in [9.17, 15) is 4.79 Å². The second-order valence-corrected chi connectivity index (χ2v) is 5.58. The normalized spacial score (nSPS) is 20.4. The molecule has 0 aromatic heterocycles. The van der Waals surface area contributed by atoms with E-state index in [-0.39, 0.29) is 11.8 Å². The molecule has 0 saturated carbocycles. The molecule has 0 fully saturated rings. The van der Waals surface area contributed by atoms with Crippen LogP contribution in [-0.4, -0.2) is 12.2 Å². The van der Waals surface area contributed by atoms with Crippen LogP contribution in [0.5, 0.6) is 0 Å². The maximum atomic E-state index is 11.6. The van der Waals surface area contributed by atoms with Crippen molar-refractivity contribution in [2.24, 2.45) is 5.73 Å². The quantitative estimate of drug-likeness (QED) is 0.882. The molecule has 5 heteroatoms. The van der Waals surface area contributed by atoms with Crippen LogP contribution in [0.1, 0.15) is 17.9 Å². The minimum absolute atomic E-state index is 0.0145. The molecule has 1 unspecified atom stereocenters. The van der Waals surface area contributed by atoms with Crippen LogP contribution in [0.2, 0.25) is 0 Å². The Labute approximate surface area is 113 Å². The summed E-state index contributed by atoms with van der Waals surface area (Å²) in [5.41, 5.74) is 7.92. The molecule has 1 heterocycles. The van der Waals surface area contributed by atoms with Gasteiger partial charge in [0.15, 0.2) is 0 Å². The molecule has 0 radical (unpaired) electrons. The Bertz CT molecular complexity index is 470. The minimum atomic E-state index is -0.0145. The van der Waals surface area contributed by atoms with Crippen molar-refractivity contribution >= 4 is 33.6 Å². The number of allylic oxidation sites excluding steroid dienone is 1. The second-order valence-electron chi connectivity index (χ2n) is 3.85. The minimum Gasteiger partial charge on any atom is -0.399 e. The number of rotatable bonds is 2. The Balaban J connectivity index is 2.37. The first kappa shape index (κ1) is 12.5. The summed E-state index contributed by atoms with van der Waals surface area (Å²) in [6.45, 7) is 0. The Kier molecular flexibility index (Phi) is 3.79. The average Bonchev–Trinajstić information content (AvgIpc) is 2.33. The summed E-state index contributed by atoms with van der Waals surface area (Å²) < 4.78 is 1.02. The number of hydrogen-bond acceptors (Lipinski definition) is 3. The molecule has 0 saturated heterocycles. The van der Waals surface area contributed by atoms with Gasteiger partial charge in [-0.3, -0.25) is 4.79 Å². The standard InChI is InChI=1S/C12H13BrN2OS/c1-17-12-11(14)9(6-10(16)15-12)7-2-4-8(13)5-3-7/h2-5,9H,6,14H2,1H3,(H,15,16). The van der Waals surface area contributed by atoms with Crippen LogP contribution < -0.4 is 11.1 Å². The lowest BCUT2D eigenvalue weighted by molar-refractivity contribution is -0.120.